The molecule has 0 fully saturated rings. The number of hydrogen-bond acceptors (Lipinski definition) is 3. The van der Waals surface area contributed by atoms with Crippen molar-refractivity contribution in [3.8, 4) is 0 Å². The predicted octanol–water partition coefficient (Wildman–Crippen LogP) is 4.07. The summed E-state index contributed by atoms with van der Waals surface area (Å²) in [5.74, 6) is 0.374. The molecule has 0 saturated heterocycles. The highest BCUT2D eigenvalue weighted by Gasteiger charge is 2.14. The predicted molar refractivity (Wildman–Crippen MR) is 91.1 cm³/mol. The fraction of sp³-hybridized carbons (Fsp3) is 0.188. The van der Waals surface area contributed by atoms with E-state index in [4.69, 9.17) is 17.3 Å². The number of carbonyl (C=O) groups excluding carboxylic acids is 1. The normalized spacial score (nSPS) is 10.4. The van der Waals surface area contributed by atoms with Gasteiger partial charge in [0.1, 0.15) is 0 Å². The summed E-state index contributed by atoms with van der Waals surface area (Å²) in [5.41, 5.74) is 7.29. The summed E-state index contributed by atoms with van der Waals surface area (Å²) in [6.45, 7) is 2.59. The molecular weight excluding hydrogens is 304 g/mol. The zero-order valence-corrected chi connectivity index (χ0v) is 13.3. The average Bonchev–Trinajstić information content (AvgIpc) is 2.50. The van der Waals surface area contributed by atoms with E-state index in [1.807, 2.05) is 37.3 Å². The molecule has 2 N–H and O–H groups in total. The van der Waals surface area contributed by atoms with Crippen molar-refractivity contribution in [3.63, 3.8) is 0 Å². The van der Waals surface area contributed by atoms with Crippen molar-refractivity contribution in [2.24, 2.45) is 0 Å². The van der Waals surface area contributed by atoms with Gasteiger partial charge in [0, 0.05) is 22.8 Å². The first-order valence-corrected chi connectivity index (χ1v) is 8.01. The largest absolute Gasteiger partial charge is 0.399 e. The number of carbonyl (C=O) groups is 1. The lowest BCUT2D eigenvalue weighted by molar-refractivity contribution is -0.116. The van der Waals surface area contributed by atoms with Crippen LogP contribution in [0.4, 0.5) is 11.4 Å². The quantitative estimate of drug-likeness (QED) is 0.667. The van der Waals surface area contributed by atoms with Gasteiger partial charge in [-0.3, -0.25) is 4.79 Å². The molecule has 0 atom stereocenters. The van der Waals surface area contributed by atoms with E-state index in [0.29, 0.717) is 23.0 Å². The molecule has 2 aromatic rings. The third-order valence-corrected chi connectivity index (χ3v) is 4.47. The molecule has 3 nitrogen and oxygen atoms in total. The fourth-order valence-electron chi connectivity index (χ4n) is 1.96. The van der Waals surface area contributed by atoms with Crippen LogP contribution in [0.15, 0.2) is 53.4 Å². The first-order chi connectivity index (χ1) is 10.1. The third-order valence-electron chi connectivity index (χ3n) is 2.99. The van der Waals surface area contributed by atoms with E-state index < -0.39 is 0 Å². The Morgan fingerprint density at radius 2 is 1.95 bits per heavy atom. The van der Waals surface area contributed by atoms with Gasteiger partial charge in [-0.05, 0) is 37.3 Å². The average molecular weight is 321 g/mol. The lowest BCUT2D eigenvalue weighted by Crippen LogP contribution is -2.32. The van der Waals surface area contributed by atoms with Crippen LogP contribution in [-0.2, 0) is 4.79 Å². The summed E-state index contributed by atoms with van der Waals surface area (Å²) < 4.78 is 0. The van der Waals surface area contributed by atoms with Crippen LogP contribution in [0.1, 0.15) is 6.92 Å². The fourth-order valence-corrected chi connectivity index (χ4v) is 3.10. The Hall–Kier alpha value is -1.65. The van der Waals surface area contributed by atoms with E-state index in [2.05, 4.69) is 0 Å². The summed E-state index contributed by atoms with van der Waals surface area (Å²) in [6.07, 6.45) is 0. The monoisotopic (exact) mass is 320 g/mol. The third kappa shape index (κ3) is 4.16. The Balaban J connectivity index is 2.05. The van der Waals surface area contributed by atoms with Crippen molar-refractivity contribution in [1.82, 2.24) is 0 Å². The minimum atomic E-state index is 0.0483. The van der Waals surface area contributed by atoms with Crippen LogP contribution in [0.2, 0.25) is 5.02 Å². The Bertz CT molecular complexity index is 619. The maximum absolute atomic E-state index is 12.4. The van der Waals surface area contributed by atoms with E-state index in [9.17, 15) is 4.79 Å². The lowest BCUT2D eigenvalue weighted by Gasteiger charge is -2.21. The Labute approximate surface area is 134 Å². The second-order valence-electron chi connectivity index (χ2n) is 4.45. The number of halogens is 1. The molecule has 0 saturated carbocycles. The standard InChI is InChI=1S/C16H17ClN2OS/c1-2-19(13-6-4-3-5-7-13)16(20)11-21-15-10-12(18)8-9-14(15)17/h3-10H,2,11,18H2,1H3. The van der Waals surface area contributed by atoms with E-state index in [1.54, 1.807) is 23.1 Å². The summed E-state index contributed by atoms with van der Waals surface area (Å²) >= 11 is 7.51. The number of nitrogens with two attached hydrogens (primary N) is 1. The molecule has 0 aliphatic heterocycles. The van der Waals surface area contributed by atoms with E-state index in [-0.39, 0.29) is 5.91 Å². The number of benzene rings is 2. The number of anilines is 2. The Morgan fingerprint density at radius 3 is 2.62 bits per heavy atom. The van der Waals surface area contributed by atoms with E-state index >= 15 is 0 Å². The van der Waals surface area contributed by atoms with Gasteiger partial charge >= 0.3 is 0 Å². The maximum Gasteiger partial charge on any atom is 0.237 e. The summed E-state index contributed by atoms with van der Waals surface area (Å²) in [6, 6.07) is 14.9. The molecule has 1 amide bonds. The molecule has 0 aliphatic carbocycles. The van der Waals surface area contributed by atoms with Crippen LogP contribution in [-0.4, -0.2) is 18.2 Å². The van der Waals surface area contributed by atoms with E-state index in [0.717, 1.165) is 10.6 Å². The molecule has 0 spiro atoms. The Morgan fingerprint density at radius 1 is 1.24 bits per heavy atom. The van der Waals surface area contributed by atoms with Crippen LogP contribution in [0.5, 0.6) is 0 Å². The molecule has 2 rings (SSSR count). The van der Waals surface area contributed by atoms with Crippen LogP contribution < -0.4 is 10.6 Å². The molecule has 110 valence electrons. The molecular formula is C16H17ClN2OS. The van der Waals surface area contributed by atoms with Crippen molar-refractivity contribution in [3.05, 3.63) is 53.6 Å². The second-order valence-corrected chi connectivity index (χ2v) is 5.88. The second kappa shape index (κ2) is 7.38. The molecule has 21 heavy (non-hydrogen) atoms. The number of hydrogen-bond donors (Lipinski definition) is 1. The number of nitrogen functional groups attached to an aromatic ring is 1. The number of rotatable bonds is 5. The minimum absolute atomic E-state index is 0.0483. The lowest BCUT2D eigenvalue weighted by atomic mass is 10.3. The molecule has 0 unspecified atom stereocenters. The molecule has 0 bridgehead atoms. The van der Waals surface area contributed by atoms with Gasteiger partial charge in [-0.25, -0.2) is 0 Å². The molecule has 0 aliphatic rings. The van der Waals surface area contributed by atoms with Crippen LogP contribution in [0.3, 0.4) is 0 Å². The van der Waals surface area contributed by atoms with Crippen molar-refractivity contribution in [2.45, 2.75) is 11.8 Å². The topological polar surface area (TPSA) is 46.3 Å². The highest BCUT2D eigenvalue weighted by molar-refractivity contribution is 8.00. The van der Waals surface area contributed by atoms with E-state index in [1.165, 1.54) is 11.8 Å². The SMILES string of the molecule is CCN(C(=O)CSc1cc(N)ccc1Cl)c1ccccc1. The summed E-state index contributed by atoms with van der Waals surface area (Å²) in [4.78, 5) is 15.0. The van der Waals surface area contributed by atoms with Gasteiger partial charge in [0.2, 0.25) is 5.91 Å². The zero-order chi connectivity index (χ0) is 15.2. The smallest absolute Gasteiger partial charge is 0.237 e. The zero-order valence-electron chi connectivity index (χ0n) is 11.8. The van der Waals surface area contributed by atoms with Gasteiger partial charge in [0.25, 0.3) is 0 Å². The Kier molecular flexibility index (Phi) is 5.53. The molecule has 0 radical (unpaired) electrons. The van der Waals surface area contributed by atoms with Gasteiger partial charge in [-0.15, -0.1) is 11.8 Å². The van der Waals surface area contributed by atoms with Crippen LogP contribution in [0, 0.1) is 0 Å². The van der Waals surface area contributed by atoms with Gasteiger partial charge in [-0.1, -0.05) is 29.8 Å². The first-order valence-electron chi connectivity index (χ1n) is 6.65. The number of amides is 1. The minimum Gasteiger partial charge on any atom is -0.399 e. The first kappa shape index (κ1) is 15.7. The summed E-state index contributed by atoms with van der Waals surface area (Å²) in [7, 11) is 0. The number of para-hydroxylation sites is 1. The van der Waals surface area contributed by atoms with Gasteiger partial charge in [0.15, 0.2) is 0 Å². The number of nitrogens with zero attached hydrogens (tertiary/aromatic N) is 1. The van der Waals surface area contributed by atoms with Crippen LogP contribution >= 0.6 is 23.4 Å². The summed E-state index contributed by atoms with van der Waals surface area (Å²) in [5, 5.41) is 0.616. The molecule has 2 aromatic carbocycles. The highest BCUT2D eigenvalue weighted by Crippen LogP contribution is 2.29. The molecule has 0 heterocycles. The highest BCUT2D eigenvalue weighted by atomic mass is 35.5. The molecule has 0 aromatic heterocycles. The van der Waals surface area contributed by atoms with Crippen molar-refractivity contribution in [1.29, 1.82) is 0 Å². The van der Waals surface area contributed by atoms with Crippen molar-refractivity contribution in [2.75, 3.05) is 22.9 Å². The van der Waals surface area contributed by atoms with Crippen molar-refractivity contribution < 1.29 is 4.79 Å². The van der Waals surface area contributed by atoms with Crippen molar-refractivity contribution >= 4 is 40.6 Å². The molecule has 5 heteroatoms. The number of thioether (sulfide) groups is 1. The van der Waals surface area contributed by atoms with Gasteiger partial charge < -0.3 is 10.6 Å². The van der Waals surface area contributed by atoms with Gasteiger partial charge in [-0.2, -0.15) is 0 Å². The van der Waals surface area contributed by atoms with Crippen LogP contribution in [0.25, 0.3) is 0 Å². The van der Waals surface area contributed by atoms with Gasteiger partial charge in [0.05, 0.1) is 10.8 Å². The maximum atomic E-state index is 12.4.